The van der Waals surface area contributed by atoms with E-state index >= 15 is 0 Å². The molecule has 2 nitrogen and oxygen atoms in total. The van der Waals surface area contributed by atoms with Crippen LogP contribution in [0.1, 0.15) is 25.7 Å². The Bertz CT molecular complexity index is 155. The second kappa shape index (κ2) is 3.75. The predicted octanol–water partition coefficient (Wildman–Crippen LogP) is 0.532. The number of aliphatic hydroxyl groups is 2. The van der Waals surface area contributed by atoms with E-state index in [1.165, 1.54) is 0 Å². The summed E-state index contributed by atoms with van der Waals surface area (Å²) < 4.78 is 0. The van der Waals surface area contributed by atoms with Gasteiger partial charge in [0.1, 0.15) is 0 Å². The average Bonchev–Trinajstić information content (AvgIpc) is 2.81. The van der Waals surface area contributed by atoms with Gasteiger partial charge < -0.3 is 10.2 Å². The molecule has 0 radical (unpaired) electrons. The van der Waals surface area contributed by atoms with Crippen LogP contribution >= 0.6 is 0 Å². The smallest absolute Gasteiger partial charge is 0.0827 e. The van der Waals surface area contributed by atoms with Crippen LogP contribution in [0.4, 0.5) is 0 Å². The first-order chi connectivity index (χ1) is 5.25. The van der Waals surface area contributed by atoms with Crippen LogP contribution in [0.2, 0.25) is 0 Å². The Morgan fingerprint density at radius 3 is 2.55 bits per heavy atom. The second-order valence-corrected chi connectivity index (χ2v) is 3.14. The van der Waals surface area contributed by atoms with Crippen LogP contribution in [-0.2, 0) is 0 Å². The van der Waals surface area contributed by atoms with Gasteiger partial charge in [-0.1, -0.05) is 0 Å². The SMILES string of the molecule is C#CCCC(O)C(O)C1CC1. The van der Waals surface area contributed by atoms with Gasteiger partial charge in [0.2, 0.25) is 0 Å². The van der Waals surface area contributed by atoms with Crippen molar-refractivity contribution >= 4 is 0 Å². The number of aliphatic hydroxyl groups excluding tert-OH is 2. The lowest BCUT2D eigenvalue weighted by atomic mass is 10.1. The first kappa shape index (κ1) is 8.58. The van der Waals surface area contributed by atoms with Gasteiger partial charge in [-0.05, 0) is 25.2 Å². The van der Waals surface area contributed by atoms with Crippen molar-refractivity contribution in [2.75, 3.05) is 0 Å². The minimum absolute atomic E-state index is 0.336. The molecule has 1 saturated carbocycles. The lowest BCUT2D eigenvalue weighted by Gasteiger charge is -2.15. The summed E-state index contributed by atoms with van der Waals surface area (Å²) in [5.41, 5.74) is 0. The van der Waals surface area contributed by atoms with E-state index in [1.807, 2.05) is 0 Å². The molecule has 0 saturated heterocycles. The normalized spacial score (nSPS) is 22.3. The van der Waals surface area contributed by atoms with E-state index in [-0.39, 0.29) is 0 Å². The molecule has 0 aromatic heterocycles. The molecule has 62 valence electrons. The van der Waals surface area contributed by atoms with Crippen molar-refractivity contribution in [3.63, 3.8) is 0 Å². The van der Waals surface area contributed by atoms with Crippen LogP contribution in [-0.4, -0.2) is 22.4 Å². The van der Waals surface area contributed by atoms with Gasteiger partial charge in [-0.3, -0.25) is 0 Å². The van der Waals surface area contributed by atoms with Gasteiger partial charge in [0.15, 0.2) is 0 Å². The van der Waals surface area contributed by atoms with Crippen molar-refractivity contribution in [3.05, 3.63) is 0 Å². The molecule has 11 heavy (non-hydrogen) atoms. The van der Waals surface area contributed by atoms with E-state index in [0.29, 0.717) is 18.8 Å². The molecule has 2 heteroatoms. The minimum atomic E-state index is -0.612. The largest absolute Gasteiger partial charge is 0.390 e. The van der Waals surface area contributed by atoms with Crippen molar-refractivity contribution in [1.29, 1.82) is 0 Å². The molecule has 2 unspecified atom stereocenters. The number of hydrogen-bond acceptors (Lipinski definition) is 2. The summed E-state index contributed by atoms with van der Waals surface area (Å²) >= 11 is 0. The number of terminal acetylenes is 1. The molecule has 0 aliphatic heterocycles. The maximum atomic E-state index is 9.37. The molecule has 0 aromatic carbocycles. The molecule has 1 rings (SSSR count). The fourth-order valence-electron chi connectivity index (χ4n) is 1.15. The molecule has 2 N–H and O–H groups in total. The van der Waals surface area contributed by atoms with Crippen LogP contribution in [0.3, 0.4) is 0 Å². The first-order valence-corrected chi connectivity index (χ1v) is 4.05. The molecule has 0 aromatic rings. The molecule has 1 fully saturated rings. The van der Waals surface area contributed by atoms with Crippen LogP contribution in [0.5, 0.6) is 0 Å². The van der Waals surface area contributed by atoms with E-state index in [2.05, 4.69) is 5.92 Å². The van der Waals surface area contributed by atoms with E-state index < -0.39 is 12.2 Å². The third kappa shape index (κ3) is 2.53. The summed E-state index contributed by atoms with van der Waals surface area (Å²) in [5.74, 6) is 2.78. The Balaban J connectivity index is 2.17. The van der Waals surface area contributed by atoms with Gasteiger partial charge in [-0.2, -0.15) is 0 Å². The van der Waals surface area contributed by atoms with Crippen molar-refractivity contribution in [1.82, 2.24) is 0 Å². The molecule has 2 atom stereocenters. The molecule has 0 spiro atoms. The molecule has 0 heterocycles. The van der Waals surface area contributed by atoms with Crippen molar-refractivity contribution in [3.8, 4) is 12.3 Å². The predicted molar refractivity (Wildman–Crippen MR) is 42.8 cm³/mol. The maximum absolute atomic E-state index is 9.37. The molecule has 0 amide bonds. The Morgan fingerprint density at radius 2 is 2.09 bits per heavy atom. The topological polar surface area (TPSA) is 40.5 Å². The third-order valence-corrected chi connectivity index (χ3v) is 2.08. The van der Waals surface area contributed by atoms with Gasteiger partial charge in [0.05, 0.1) is 12.2 Å². The lowest BCUT2D eigenvalue weighted by Crippen LogP contribution is -2.27. The second-order valence-electron chi connectivity index (χ2n) is 3.14. The Kier molecular flexibility index (Phi) is 2.92. The highest BCUT2D eigenvalue weighted by molar-refractivity contribution is 4.89. The third-order valence-electron chi connectivity index (χ3n) is 2.08. The van der Waals surface area contributed by atoms with Gasteiger partial charge in [-0.15, -0.1) is 12.3 Å². The number of hydrogen-bond donors (Lipinski definition) is 2. The van der Waals surface area contributed by atoms with Crippen LogP contribution in [0.15, 0.2) is 0 Å². The average molecular weight is 154 g/mol. The highest BCUT2D eigenvalue weighted by Gasteiger charge is 2.33. The van der Waals surface area contributed by atoms with E-state index in [0.717, 1.165) is 12.8 Å². The van der Waals surface area contributed by atoms with Gasteiger partial charge in [-0.25, -0.2) is 0 Å². The van der Waals surface area contributed by atoms with Crippen molar-refractivity contribution in [2.45, 2.75) is 37.9 Å². The highest BCUT2D eigenvalue weighted by Crippen LogP contribution is 2.34. The standard InChI is InChI=1S/C9H14O2/c1-2-3-4-8(10)9(11)7-5-6-7/h1,7-11H,3-6H2. The summed E-state index contributed by atoms with van der Waals surface area (Å²) in [7, 11) is 0. The Morgan fingerprint density at radius 1 is 1.45 bits per heavy atom. The Hall–Kier alpha value is -0.520. The highest BCUT2D eigenvalue weighted by atomic mass is 16.3. The van der Waals surface area contributed by atoms with Crippen LogP contribution in [0.25, 0.3) is 0 Å². The summed E-state index contributed by atoms with van der Waals surface area (Å²) in [6.45, 7) is 0. The van der Waals surface area contributed by atoms with E-state index in [1.54, 1.807) is 0 Å². The number of rotatable bonds is 4. The molecule has 0 bridgehead atoms. The zero-order chi connectivity index (χ0) is 8.27. The van der Waals surface area contributed by atoms with Crippen LogP contribution < -0.4 is 0 Å². The molecule has 1 aliphatic rings. The maximum Gasteiger partial charge on any atom is 0.0827 e. The Labute approximate surface area is 67.2 Å². The zero-order valence-corrected chi connectivity index (χ0v) is 6.53. The molecular formula is C9H14O2. The van der Waals surface area contributed by atoms with Crippen molar-refractivity contribution < 1.29 is 10.2 Å². The van der Waals surface area contributed by atoms with Gasteiger partial charge in [0, 0.05) is 6.42 Å². The van der Waals surface area contributed by atoms with E-state index in [4.69, 9.17) is 6.42 Å². The van der Waals surface area contributed by atoms with Gasteiger partial charge in [0.25, 0.3) is 0 Å². The summed E-state index contributed by atoms with van der Waals surface area (Å²) in [4.78, 5) is 0. The zero-order valence-electron chi connectivity index (χ0n) is 6.53. The fourth-order valence-corrected chi connectivity index (χ4v) is 1.15. The van der Waals surface area contributed by atoms with E-state index in [9.17, 15) is 10.2 Å². The summed E-state index contributed by atoms with van der Waals surface area (Å²) in [5, 5.41) is 18.7. The van der Waals surface area contributed by atoms with Crippen molar-refractivity contribution in [2.24, 2.45) is 5.92 Å². The first-order valence-electron chi connectivity index (χ1n) is 4.05. The molecular weight excluding hydrogens is 140 g/mol. The summed E-state index contributed by atoms with van der Waals surface area (Å²) in [6.07, 6.45) is 7.04. The molecule has 1 aliphatic carbocycles. The summed E-state index contributed by atoms with van der Waals surface area (Å²) in [6, 6.07) is 0. The van der Waals surface area contributed by atoms with Gasteiger partial charge >= 0.3 is 0 Å². The quantitative estimate of drug-likeness (QED) is 0.580. The monoisotopic (exact) mass is 154 g/mol. The van der Waals surface area contributed by atoms with Crippen LogP contribution in [0, 0.1) is 18.3 Å². The fraction of sp³-hybridized carbons (Fsp3) is 0.778. The lowest BCUT2D eigenvalue weighted by molar-refractivity contribution is 0.00254. The minimum Gasteiger partial charge on any atom is -0.390 e.